The second kappa shape index (κ2) is 6.13. The molecule has 1 aliphatic heterocycles. The van der Waals surface area contributed by atoms with Gasteiger partial charge in [0, 0.05) is 13.1 Å². The molecule has 0 radical (unpaired) electrons. The van der Waals surface area contributed by atoms with Crippen molar-refractivity contribution in [1.82, 2.24) is 9.88 Å². The van der Waals surface area contributed by atoms with E-state index in [4.69, 9.17) is 11.6 Å². The molecule has 1 aromatic rings. The van der Waals surface area contributed by atoms with Gasteiger partial charge in [-0.1, -0.05) is 36.3 Å². The highest BCUT2D eigenvalue weighted by molar-refractivity contribution is 7.17. The van der Waals surface area contributed by atoms with E-state index in [1.54, 1.807) is 4.90 Å². The van der Waals surface area contributed by atoms with Gasteiger partial charge in [-0.3, -0.25) is 4.79 Å². The Kier molecular flexibility index (Phi) is 4.73. The monoisotopic (exact) mass is 308 g/mol. The number of aromatic nitrogens is 1. The van der Waals surface area contributed by atoms with Gasteiger partial charge in [-0.2, -0.15) is 0 Å². The molecule has 2 rings (SSSR count). The van der Waals surface area contributed by atoms with Crippen molar-refractivity contribution in [1.29, 1.82) is 0 Å². The molecule has 0 N–H and O–H groups in total. The van der Waals surface area contributed by atoms with Crippen LogP contribution in [0.25, 0.3) is 0 Å². The lowest BCUT2D eigenvalue weighted by Gasteiger charge is -2.31. The Morgan fingerprint density at radius 1 is 1.53 bits per heavy atom. The molecule has 0 aromatic carbocycles. The van der Waals surface area contributed by atoms with Crippen molar-refractivity contribution < 1.29 is 13.6 Å². The number of nitrogens with zero attached hydrogens (tertiary/aromatic N) is 2. The van der Waals surface area contributed by atoms with Gasteiger partial charge in [-0.25, -0.2) is 13.8 Å². The van der Waals surface area contributed by atoms with E-state index in [0.717, 1.165) is 30.6 Å². The minimum absolute atomic E-state index is 0.0119. The molecule has 0 unspecified atom stereocenters. The minimum Gasteiger partial charge on any atom is -0.338 e. The van der Waals surface area contributed by atoms with Crippen molar-refractivity contribution in [2.24, 2.45) is 5.92 Å². The number of alkyl halides is 2. The van der Waals surface area contributed by atoms with E-state index in [9.17, 15) is 13.6 Å². The molecule has 0 aliphatic carbocycles. The lowest BCUT2D eigenvalue weighted by atomic mass is 9.94. The highest BCUT2D eigenvalue weighted by Crippen LogP contribution is 2.32. The van der Waals surface area contributed by atoms with Gasteiger partial charge in [0.15, 0.2) is 4.47 Å². The summed E-state index contributed by atoms with van der Waals surface area (Å²) in [7, 11) is 0. The first kappa shape index (κ1) is 14.7. The zero-order valence-corrected chi connectivity index (χ0v) is 12.1. The maximum Gasteiger partial charge on any atom is 0.282 e. The van der Waals surface area contributed by atoms with Crippen molar-refractivity contribution in [3.8, 4) is 0 Å². The molecule has 1 fully saturated rings. The molecule has 0 saturated carbocycles. The lowest BCUT2D eigenvalue weighted by molar-refractivity contribution is 0.0682. The summed E-state index contributed by atoms with van der Waals surface area (Å²) >= 11 is 6.48. The summed E-state index contributed by atoms with van der Waals surface area (Å²) in [6.07, 6.45) is 0.185. The Balaban J connectivity index is 2.12. The normalized spacial score (nSPS) is 17.2. The molecule has 2 heterocycles. The predicted molar refractivity (Wildman–Crippen MR) is 71.0 cm³/mol. The summed E-state index contributed by atoms with van der Waals surface area (Å²) in [6, 6.07) is 0. The first-order valence-corrected chi connectivity index (χ1v) is 7.46. The Hall–Kier alpha value is -0.750. The van der Waals surface area contributed by atoms with Crippen LogP contribution < -0.4 is 0 Å². The Labute approximate surface area is 119 Å². The van der Waals surface area contributed by atoms with E-state index in [1.165, 1.54) is 0 Å². The second-order valence-electron chi connectivity index (χ2n) is 4.63. The summed E-state index contributed by atoms with van der Waals surface area (Å²) in [5.74, 6) is 0.262. The second-order valence-corrected chi connectivity index (χ2v) is 6.21. The highest BCUT2D eigenvalue weighted by atomic mass is 35.5. The van der Waals surface area contributed by atoms with Crippen molar-refractivity contribution >= 4 is 28.8 Å². The largest absolute Gasteiger partial charge is 0.338 e. The fourth-order valence-electron chi connectivity index (χ4n) is 2.29. The van der Waals surface area contributed by atoms with Crippen molar-refractivity contribution in [2.75, 3.05) is 13.1 Å². The third-order valence-corrected chi connectivity index (χ3v) is 4.67. The highest BCUT2D eigenvalue weighted by Gasteiger charge is 2.29. The first-order chi connectivity index (χ1) is 9.02. The number of carbonyl (C=O) groups excluding carboxylic acids is 1. The number of rotatable bonds is 3. The molecule has 7 heteroatoms. The van der Waals surface area contributed by atoms with Crippen molar-refractivity contribution in [3.05, 3.63) is 15.0 Å². The molecule has 106 valence electrons. The lowest BCUT2D eigenvalue weighted by Crippen LogP contribution is -2.38. The number of hydrogen-bond donors (Lipinski definition) is 0. The maximum atomic E-state index is 12.8. The van der Waals surface area contributed by atoms with Crippen LogP contribution in [0.5, 0.6) is 0 Å². The SMILES string of the molecule is CCC1CCN(C(=O)c2sc(Cl)nc2C(F)F)CC1. The Morgan fingerprint density at radius 3 is 2.68 bits per heavy atom. The zero-order chi connectivity index (χ0) is 14.0. The summed E-state index contributed by atoms with van der Waals surface area (Å²) < 4.78 is 25.6. The summed E-state index contributed by atoms with van der Waals surface area (Å²) in [4.78, 5) is 17.4. The molecule has 1 aliphatic rings. The molecule has 1 aromatic heterocycles. The number of piperidine rings is 1. The molecule has 1 amide bonds. The molecule has 19 heavy (non-hydrogen) atoms. The third-order valence-electron chi connectivity index (χ3n) is 3.51. The fourth-order valence-corrected chi connectivity index (χ4v) is 3.38. The van der Waals surface area contributed by atoms with Crippen LogP contribution in [0.2, 0.25) is 4.47 Å². The van der Waals surface area contributed by atoms with E-state index < -0.39 is 12.1 Å². The van der Waals surface area contributed by atoms with Gasteiger partial charge in [-0.05, 0) is 18.8 Å². The van der Waals surface area contributed by atoms with Gasteiger partial charge < -0.3 is 4.90 Å². The Morgan fingerprint density at radius 2 is 2.16 bits per heavy atom. The van der Waals surface area contributed by atoms with Crippen molar-refractivity contribution in [3.63, 3.8) is 0 Å². The van der Waals surface area contributed by atoms with Crippen LogP contribution in [0.1, 0.15) is 48.0 Å². The average Bonchev–Trinajstić information content (AvgIpc) is 2.80. The molecule has 0 atom stereocenters. The zero-order valence-electron chi connectivity index (χ0n) is 10.5. The van der Waals surface area contributed by atoms with E-state index in [-0.39, 0.29) is 15.3 Å². The minimum atomic E-state index is -2.77. The molecule has 1 saturated heterocycles. The number of carbonyl (C=O) groups is 1. The van der Waals surface area contributed by atoms with Crippen LogP contribution in [0, 0.1) is 5.92 Å². The number of halogens is 3. The number of likely N-dealkylation sites (tertiary alicyclic amines) is 1. The first-order valence-electron chi connectivity index (χ1n) is 6.26. The van der Waals surface area contributed by atoms with E-state index in [1.807, 2.05) is 0 Å². The van der Waals surface area contributed by atoms with Crippen molar-refractivity contribution in [2.45, 2.75) is 32.6 Å². The smallest absolute Gasteiger partial charge is 0.282 e. The van der Waals surface area contributed by atoms with Crippen LogP contribution >= 0.6 is 22.9 Å². The topological polar surface area (TPSA) is 33.2 Å². The third kappa shape index (κ3) is 3.23. The van der Waals surface area contributed by atoms with Crippen LogP contribution in [0.4, 0.5) is 8.78 Å². The van der Waals surface area contributed by atoms with E-state index >= 15 is 0 Å². The van der Waals surface area contributed by atoms with Crippen LogP contribution in [0.15, 0.2) is 0 Å². The van der Waals surface area contributed by atoms with Gasteiger partial charge in [0.25, 0.3) is 12.3 Å². The molecular formula is C12H15ClF2N2OS. The van der Waals surface area contributed by atoms with Gasteiger partial charge >= 0.3 is 0 Å². The fraction of sp³-hybridized carbons (Fsp3) is 0.667. The van der Waals surface area contributed by atoms with E-state index in [0.29, 0.717) is 19.0 Å². The maximum absolute atomic E-state index is 12.8. The number of amides is 1. The van der Waals surface area contributed by atoms with Crippen LogP contribution in [-0.2, 0) is 0 Å². The van der Waals surface area contributed by atoms with Gasteiger partial charge in [0.2, 0.25) is 0 Å². The van der Waals surface area contributed by atoms with Gasteiger partial charge in [0.1, 0.15) is 10.6 Å². The molecule has 3 nitrogen and oxygen atoms in total. The summed E-state index contributed by atoms with van der Waals surface area (Å²) in [5, 5.41) is 0. The summed E-state index contributed by atoms with van der Waals surface area (Å²) in [5.41, 5.74) is -0.488. The van der Waals surface area contributed by atoms with Crippen LogP contribution in [-0.4, -0.2) is 28.9 Å². The Bertz CT molecular complexity index is 459. The summed E-state index contributed by atoms with van der Waals surface area (Å²) in [6.45, 7) is 3.37. The van der Waals surface area contributed by atoms with E-state index in [2.05, 4.69) is 11.9 Å². The molecule has 0 bridgehead atoms. The average molecular weight is 309 g/mol. The number of hydrogen-bond acceptors (Lipinski definition) is 3. The van der Waals surface area contributed by atoms with Gasteiger partial charge in [-0.15, -0.1) is 0 Å². The quantitative estimate of drug-likeness (QED) is 0.845. The standard InChI is InChI=1S/C12H15ClF2N2OS/c1-2-7-3-5-17(6-4-7)11(18)9-8(10(14)15)16-12(13)19-9/h7,10H,2-6H2,1H3. The molecule has 0 spiro atoms. The molecular weight excluding hydrogens is 294 g/mol. The predicted octanol–water partition coefficient (Wildman–Crippen LogP) is 4.00. The van der Waals surface area contributed by atoms with Gasteiger partial charge in [0.05, 0.1) is 0 Å². The van der Waals surface area contributed by atoms with Crippen LogP contribution in [0.3, 0.4) is 0 Å². The number of thiazole rings is 1.